The van der Waals surface area contributed by atoms with E-state index in [9.17, 15) is 5.26 Å². The third-order valence-corrected chi connectivity index (χ3v) is 5.47. The molecule has 0 aliphatic heterocycles. The van der Waals surface area contributed by atoms with Gasteiger partial charge in [-0.2, -0.15) is 10.3 Å². The van der Waals surface area contributed by atoms with E-state index >= 15 is 0 Å². The molecule has 0 N–H and O–H groups in total. The summed E-state index contributed by atoms with van der Waals surface area (Å²) in [6.45, 7) is 4.41. The number of fused-ring (bicyclic) bond motifs is 1. The first-order chi connectivity index (χ1) is 10.6. The highest BCUT2D eigenvalue weighted by atomic mass is 16.5. The van der Waals surface area contributed by atoms with Gasteiger partial charge >= 0.3 is 0 Å². The summed E-state index contributed by atoms with van der Waals surface area (Å²) in [5, 5.41) is 9.18. The van der Waals surface area contributed by atoms with Crippen molar-refractivity contribution in [2.75, 3.05) is 7.11 Å². The molecular weight excluding hydrogens is 272 g/mol. The molecule has 0 amide bonds. The number of rotatable bonds is 2. The van der Waals surface area contributed by atoms with Crippen LogP contribution in [-0.2, 0) is 11.2 Å². The Bertz CT molecular complexity index is 631. The number of nitrogens with zero attached hydrogens (tertiary/aromatic N) is 2. The van der Waals surface area contributed by atoms with E-state index in [2.05, 4.69) is 43.2 Å². The summed E-state index contributed by atoms with van der Waals surface area (Å²) >= 11 is 0. The van der Waals surface area contributed by atoms with Crippen LogP contribution in [0.15, 0.2) is 23.2 Å². The predicted molar refractivity (Wildman–Crippen MR) is 88.1 cm³/mol. The molecule has 1 spiro atoms. The van der Waals surface area contributed by atoms with Crippen LogP contribution in [0.5, 0.6) is 0 Å². The van der Waals surface area contributed by atoms with E-state index in [4.69, 9.17) is 4.74 Å². The molecule has 0 atom stereocenters. The van der Waals surface area contributed by atoms with Crippen LogP contribution in [0.2, 0.25) is 0 Å². The molecule has 0 bridgehead atoms. The van der Waals surface area contributed by atoms with Gasteiger partial charge in [-0.25, -0.2) is 0 Å². The van der Waals surface area contributed by atoms with Gasteiger partial charge in [-0.1, -0.05) is 26.0 Å². The minimum atomic E-state index is 0.0582. The van der Waals surface area contributed by atoms with E-state index in [1.54, 1.807) is 7.11 Å². The average Bonchev–Trinajstić information content (AvgIpc) is 2.81. The molecule has 0 heterocycles. The maximum Gasteiger partial charge on any atom is 0.205 e. The van der Waals surface area contributed by atoms with Crippen molar-refractivity contribution >= 4 is 5.71 Å². The molecule has 2 aliphatic carbocycles. The van der Waals surface area contributed by atoms with E-state index in [-0.39, 0.29) is 5.41 Å². The number of aliphatic imine (C=N–C) groups is 1. The Labute approximate surface area is 133 Å². The second kappa shape index (κ2) is 5.85. The molecule has 3 rings (SSSR count). The van der Waals surface area contributed by atoms with Crippen molar-refractivity contribution in [3.05, 3.63) is 34.9 Å². The zero-order chi connectivity index (χ0) is 15.7. The highest BCUT2D eigenvalue weighted by Crippen LogP contribution is 2.48. The highest BCUT2D eigenvalue weighted by molar-refractivity contribution is 6.09. The van der Waals surface area contributed by atoms with Crippen molar-refractivity contribution in [1.29, 1.82) is 5.26 Å². The quantitative estimate of drug-likeness (QED) is 0.767. The first-order valence-corrected chi connectivity index (χ1v) is 8.23. The summed E-state index contributed by atoms with van der Waals surface area (Å²) in [7, 11) is 1.80. The topological polar surface area (TPSA) is 45.4 Å². The van der Waals surface area contributed by atoms with Gasteiger partial charge in [0.15, 0.2) is 0 Å². The van der Waals surface area contributed by atoms with E-state index < -0.39 is 0 Å². The molecule has 1 aromatic carbocycles. The zero-order valence-electron chi connectivity index (χ0n) is 13.7. The van der Waals surface area contributed by atoms with Gasteiger partial charge < -0.3 is 4.74 Å². The van der Waals surface area contributed by atoms with Gasteiger partial charge in [0.25, 0.3) is 0 Å². The first kappa shape index (κ1) is 15.2. The van der Waals surface area contributed by atoms with Gasteiger partial charge in [-0.3, -0.25) is 0 Å². The van der Waals surface area contributed by atoms with Gasteiger partial charge in [0.2, 0.25) is 6.19 Å². The largest absolute Gasteiger partial charge is 0.381 e. The smallest absolute Gasteiger partial charge is 0.205 e. The fourth-order valence-corrected chi connectivity index (χ4v) is 4.08. The van der Waals surface area contributed by atoms with Crippen molar-refractivity contribution in [1.82, 2.24) is 0 Å². The molecule has 0 unspecified atom stereocenters. The van der Waals surface area contributed by atoms with Crippen LogP contribution in [0.3, 0.4) is 0 Å². The van der Waals surface area contributed by atoms with Crippen LogP contribution in [0.25, 0.3) is 0 Å². The van der Waals surface area contributed by atoms with Crippen LogP contribution in [-0.4, -0.2) is 18.9 Å². The summed E-state index contributed by atoms with van der Waals surface area (Å²) in [4.78, 5) is 4.27. The molecular formula is C19H24N2O. The van der Waals surface area contributed by atoms with Gasteiger partial charge in [0, 0.05) is 18.1 Å². The lowest BCUT2D eigenvalue weighted by molar-refractivity contribution is 0.0468. The number of hydrogen-bond donors (Lipinski definition) is 0. The maximum atomic E-state index is 9.18. The number of nitriles is 1. The highest BCUT2D eigenvalue weighted by Gasteiger charge is 2.45. The Balaban J connectivity index is 1.99. The second-order valence-corrected chi connectivity index (χ2v) is 7.02. The minimum Gasteiger partial charge on any atom is -0.381 e. The number of ether oxygens (including phenoxy) is 1. The standard InChI is InChI=1S/C19H24N2O/c1-13(2)14-4-5-15-11-19(8-6-16(22-3)7-9-19)18(21-12-20)17(15)10-14/h4-5,10,13,16H,6-9,11H2,1-3H3. The Morgan fingerprint density at radius 3 is 2.64 bits per heavy atom. The van der Waals surface area contributed by atoms with E-state index in [1.807, 2.05) is 0 Å². The summed E-state index contributed by atoms with van der Waals surface area (Å²) in [5.41, 5.74) is 4.98. The second-order valence-electron chi connectivity index (χ2n) is 7.02. The zero-order valence-corrected chi connectivity index (χ0v) is 13.7. The number of methoxy groups -OCH3 is 1. The van der Waals surface area contributed by atoms with Crippen LogP contribution in [0.4, 0.5) is 0 Å². The Morgan fingerprint density at radius 2 is 2.05 bits per heavy atom. The average molecular weight is 296 g/mol. The molecule has 3 heteroatoms. The third kappa shape index (κ3) is 2.46. The lowest BCUT2D eigenvalue weighted by Crippen LogP contribution is -2.35. The van der Waals surface area contributed by atoms with E-state index in [1.165, 1.54) is 16.7 Å². The molecule has 1 saturated carbocycles. The van der Waals surface area contributed by atoms with E-state index in [0.29, 0.717) is 12.0 Å². The molecule has 116 valence electrons. The third-order valence-electron chi connectivity index (χ3n) is 5.47. The summed E-state index contributed by atoms with van der Waals surface area (Å²) < 4.78 is 5.51. The van der Waals surface area contributed by atoms with Crippen molar-refractivity contribution < 1.29 is 4.74 Å². The monoisotopic (exact) mass is 296 g/mol. The molecule has 3 nitrogen and oxygen atoms in total. The van der Waals surface area contributed by atoms with Crippen LogP contribution >= 0.6 is 0 Å². The van der Waals surface area contributed by atoms with Crippen LogP contribution in [0.1, 0.15) is 62.1 Å². The van der Waals surface area contributed by atoms with Crippen molar-refractivity contribution in [3.8, 4) is 6.19 Å². The Kier molecular flexibility index (Phi) is 4.06. The summed E-state index contributed by atoms with van der Waals surface area (Å²) in [6, 6.07) is 6.73. The lowest BCUT2D eigenvalue weighted by atomic mass is 9.70. The fourth-order valence-electron chi connectivity index (χ4n) is 4.08. The molecule has 22 heavy (non-hydrogen) atoms. The van der Waals surface area contributed by atoms with Crippen LogP contribution in [0, 0.1) is 16.9 Å². The van der Waals surface area contributed by atoms with Crippen LogP contribution < -0.4 is 0 Å². The minimum absolute atomic E-state index is 0.0582. The van der Waals surface area contributed by atoms with Crippen molar-refractivity contribution in [2.45, 2.75) is 58.0 Å². The van der Waals surface area contributed by atoms with Gasteiger partial charge in [-0.15, -0.1) is 0 Å². The number of hydrogen-bond acceptors (Lipinski definition) is 3. The molecule has 1 fully saturated rings. The Morgan fingerprint density at radius 1 is 1.32 bits per heavy atom. The van der Waals surface area contributed by atoms with Gasteiger partial charge in [0.05, 0.1) is 11.8 Å². The number of benzene rings is 1. The van der Waals surface area contributed by atoms with Crippen molar-refractivity contribution in [2.24, 2.45) is 10.4 Å². The molecule has 0 radical (unpaired) electrons. The fraction of sp³-hybridized carbons (Fsp3) is 0.579. The van der Waals surface area contributed by atoms with Crippen molar-refractivity contribution in [3.63, 3.8) is 0 Å². The molecule has 1 aromatic rings. The van der Waals surface area contributed by atoms with E-state index in [0.717, 1.165) is 37.8 Å². The molecule has 0 saturated heterocycles. The maximum absolute atomic E-state index is 9.18. The summed E-state index contributed by atoms with van der Waals surface area (Å²) in [5.74, 6) is 0.495. The van der Waals surface area contributed by atoms with Gasteiger partial charge in [0.1, 0.15) is 0 Å². The van der Waals surface area contributed by atoms with Gasteiger partial charge in [-0.05, 0) is 55.2 Å². The molecule has 2 aliphatic rings. The SMILES string of the molecule is COC1CCC2(CC1)Cc1ccc(C(C)C)cc1C2=NC#N. The summed E-state index contributed by atoms with van der Waals surface area (Å²) in [6.07, 6.45) is 7.70. The predicted octanol–water partition coefficient (Wildman–Crippen LogP) is 4.21. The lowest BCUT2D eigenvalue weighted by Gasteiger charge is -2.36. The Hall–Kier alpha value is -1.66. The molecule has 0 aromatic heterocycles. The normalized spacial score (nSPS) is 29.0. The first-order valence-electron chi connectivity index (χ1n) is 8.23.